The van der Waals surface area contributed by atoms with Gasteiger partial charge in [-0.15, -0.1) is 0 Å². The molecule has 0 unspecified atom stereocenters. The van der Waals surface area contributed by atoms with Gasteiger partial charge >= 0.3 is 5.97 Å². The Kier molecular flexibility index (Phi) is 4.01. The first-order valence-electron chi connectivity index (χ1n) is 7.16. The number of nitrogens with zero attached hydrogens (tertiary/aromatic N) is 2. The van der Waals surface area contributed by atoms with Crippen molar-refractivity contribution in [1.82, 2.24) is 9.78 Å². The van der Waals surface area contributed by atoms with E-state index in [4.69, 9.17) is 4.74 Å². The maximum atomic E-state index is 11.6. The normalized spacial score (nSPS) is 10.4. The third-order valence-corrected chi connectivity index (χ3v) is 3.30. The second kappa shape index (κ2) is 6.26. The van der Waals surface area contributed by atoms with Gasteiger partial charge < -0.3 is 4.74 Å². The van der Waals surface area contributed by atoms with E-state index in [0.29, 0.717) is 12.2 Å². The Labute approximate surface area is 129 Å². The van der Waals surface area contributed by atoms with Crippen molar-refractivity contribution in [2.75, 3.05) is 6.61 Å². The fourth-order valence-electron chi connectivity index (χ4n) is 2.19. The van der Waals surface area contributed by atoms with Crippen molar-refractivity contribution in [1.29, 1.82) is 0 Å². The lowest BCUT2D eigenvalue weighted by Crippen LogP contribution is -2.04. The van der Waals surface area contributed by atoms with Gasteiger partial charge in [-0.1, -0.05) is 30.3 Å². The molecule has 0 amide bonds. The van der Waals surface area contributed by atoms with Gasteiger partial charge in [-0.25, -0.2) is 9.48 Å². The molecule has 0 N–H and O–H groups in total. The molecule has 0 atom stereocenters. The van der Waals surface area contributed by atoms with Crippen LogP contribution in [-0.4, -0.2) is 22.4 Å². The Balaban J connectivity index is 1.83. The van der Waals surface area contributed by atoms with E-state index in [1.165, 1.54) is 0 Å². The summed E-state index contributed by atoms with van der Waals surface area (Å²) in [5.41, 5.74) is 3.38. The Bertz CT molecular complexity index is 761. The molecule has 1 aromatic heterocycles. The van der Waals surface area contributed by atoms with Gasteiger partial charge in [0.05, 0.1) is 23.6 Å². The average Bonchev–Trinajstić information content (AvgIpc) is 3.06. The number of rotatable bonds is 4. The van der Waals surface area contributed by atoms with Gasteiger partial charge in [-0.05, 0) is 37.3 Å². The lowest BCUT2D eigenvalue weighted by molar-refractivity contribution is 0.0526. The van der Waals surface area contributed by atoms with Gasteiger partial charge in [0, 0.05) is 11.8 Å². The summed E-state index contributed by atoms with van der Waals surface area (Å²) in [5.74, 6) is -0.302. The van der Waals surface area contributed by atoms with Crippen LogP contribution in [0.25, 0.3) is 16.9 Å². The Morgan fingerprint density at radius 2 is 1.77 bits per heavy atom. The zero-order chi connectivity index (χ0) is 15.4. The summed E-state index contributed by atoms with van der Waals surface area (Å²) in [5, 5.41) is 4.56. The predicted molar refractivity (Wildman–Crippen MR) is 85.0 cm³/mol. The summed E-state index contributed by atoms with van der Waals surface area (Å²) in [4.78, 5) is 11.6. The van der Waals surface area contributed by atoms with Crippen LogP contribution in [0.3, 0.4) is 0 Å². The smallest absolute Gasteiger partial charge is 0.338 e. The van der Waals surface area contributed by atoms with Gasteiger partial charge in [0.15, 0.2) is 0 Å². The zero-order valence-corrected chi connectivity index (χ0v) is 12.3. The van der Waals surface area contributed by atoms with Crippen molar-refractivity contribution >= 4 is 5.97 Å². The van der Waals surface area contributed by atoms with Crippen LogP contribution in [0.5, 0.6) is 0 Å². The molecule has 1 heterocycles. The minimum absolute atomic E-state index is 0.302. The number of aromatic nitrogens is 2. The molecule has 3 aromatic rings. The van der Waals surface area contributed by atoms with Crippen LogP contribution in [-0.2, 0) is 4.74 Å². The van der Waals surface area contributed by atoms with E-state index < -0.39 is 0 Å². The Hall–Kier alpha value is -2.88. The fourth-order valence-corrected chi connectivity index (χ4v) is 2.19. The molecular weight excluding hydrogens is 276 g/mol. The zero-order valence-electron chi connectivity index (χ0n) is 12.3. The van der Waals surface area contributed by atoms with Crippen LogP contribution in [0.15, 0.2) is 66.9 Å². The minimum Gasteiger partial charge on any atom is -0.462 e. The van der Waals surface area contributed by atoms with Gasteiger partial charge in [0.25, 0.3) is 0 Å². The predicted octanol–water partition coefficient (Wildman–Crippen LogP) is 3.72. The van der Waals surface area contributed by atoms with Crippen molar-refractivity contribution in [3.63, 3.8) is 0 Å². The van der Waals surface area contributed by atoms with Crippen molar-refractivity contribution in [2.45, 2.75) is 6.92 Å². The number of benzene rings is 2. The summed E-state index contributed by atoms with van der Waals surface area (Å²) >= 11 is 0. The number of hydrogen-bond donors (Lipinski definition) is 0. The van der Waals surface area contributed by atoms with Crippen LogP contribution in [0.1, 0.15) is 17.3 Å². The highest BCUT2D eigenvalue weighted by Crippen LogP contribution is 2.19. The Morgan fingerprint density at radius 3 is 2.45 bits per heavy atom. The van der Waals surface area contributed by atoms with Crippen molar-refractivity contribution < 1.29 is 9.53 Å². The van der Waals surface area contributed by atoms with Crippen molar-refractivity contribution in [3.05, 3.63) is 72.4 Å². The van der Waals surface area contributed by atoms with Gasteiger partial charge in [-0.2, -0.15) is 5.10 Å². The maximum absolute atomic E-state index is 11.6. The second-order valence-electron chi connectivity index (χ2n) is 4.78. The number of carbonyl (C=O) groups excluding carboxylic acids is 1. The molecule has 4 nitrogen and oxygen atoms in total. The molecule has 2 aromatic carbocycles. The number of esters is 1. The van der Waals surface area contributed by atoms with E-state index >= 15 is 0 Å². The lowest BCUT2D eigenvalue weighted by Gasteiger charge is -2.03. The molecule has 22 heavy (non-hydrogen) atoms. The monoisotopic (exact) mass is 292 g/mol. The molecule has 0 fully saturated rings. The van der Waals surface area contributed by atoms with Crippen LogP contribution in [0, 0.1) is 0 Å². The van der Waals surface area contributed by atoms with Gasteiger partial charge in [0.1, 0.15) is 0 Å². The lowest BCUT2D eigenvalue weighted by atomic mass is 10.1. The highest BCUT2D eigenvalue weighted by atomic mass is 16.5. The number of carbonyl (C=O) groups is 1. The van der Waals surface area contributed by atoms with Crippen LogP contribution < -0.4 is 0 Å². The third kappa shape index (κ3) is 2.91. The van der Waals surface area contributed by atoms with E-state index in [2.05, 4.69) is 5.10 Å². The summed E-state index contributed by atoms with van der Waals surface area (Å²) in [6.07, 6.45) is 1.92. The molecule has 0 aliphatic carbocycles. The quantitative estimate of drug-likeness (QED) is 0.688. The molecule has 110 valence electrons. The standard InChI is InChI=1S/C18H16N2O2/c1-2-22-18(21)15-10-8-14(9-11-15)17-12-13-20(19-17)16-6-4-3-5-7-16/h3-13H,2H2,1H3. The molecule has 0 saturated heterocycles. The SMILES string of the molecule is CCOC(=O)c1ccc(-c2ccn(-c3ccccc3)n2)cc1. The molecule has 0 aliphatic heterocycles. The van der Waals surface area contributed by atoms with Gasteiger partial charge in [0.2, 0.25) is 0 Å². The molecule has 0 aliphatic rings. The summed E-state index contributed by atoms with van der Waals surface area (Å²) in [7, 11) is 0. The molecular formula is C18H16N2O2. The fraction of sp³-hybridized carbons (Fsp3) is 0.111. The second-order valence-corrected chi connectivity index (χ2v) is 4.78. The minimum atomic E-state index is -0.302. The highest BCUT2D eigenvalue weighted by Gasteiger charge is 2.08. The first kappa shape index (κ1) is 14.1. The largest absolute Gasteiger partial charge is 0.462 e. The van der Waals surface area contributed by atoms with E-state index in [1.807, 2.05) is 59.4 Å². The highest BCUT2D eigenvalue weighted by molar-refractivity contribution is 5.89. The molecule has 3 rings (SSSR count). The topological polar surface area (TPSA) is 44.1 Å². The summed E-state index contributed by atoms with van der Waals surface area (Å²) in [6.45, 7) is 2.17. The number of para-hydroxylation sites is 1. The average molecular weight is 292 g/mol. The maximum Gasteiger partial charge on any atom is 0.338 e. The molecule has 0 bridgehead atoms. The molecule has 4 heteroatoms. The van der Waals surface area contributed by atoms with Crippen LogP contribution in [0.2, 0.25) is 0 Å². The van der Waals surface area contributed by atoms with E-state index in [-0.39, 0.29) is 5.97 Å². The molecule has 0 radical (unpaired) electrons. The van der Waals surface area contributed by atoms with Crippen molar-refractivity contribution in [2.24, 2.45) is 0 Å². The molecule has 0 spiro atoms. The van der Waals surface area contributed by atoms with E-state index in [9.17, 15) is 4.79 Å². The van der Waals surface area contributed by atoms with Crippen LogP contribution in [0.4, 0.5) is 0 Å². The van der Waals surface area contributed by atoms with Crippen LogP contribution >= 0.6 is 0 Å². The summed E-state index contributed by atoms with van der Waals surface area (Å²) < 4.78 is 6.80. The first-order valence-corrected chi connectivity index (χ1v) is 7.16. The van der Waals surface area contributed by atoms with Crippen molar-refractivity contribution in [3.8, 4) is 16.9 Å². The van der Waals surface area contributed by atoms with E-state index in [1.54, 1.807) is 19.1 Å². The molecule has 0 saturated carbocycles. The van der Waals surface area contributed by atoms with Gasteiger partial charge in [-0.3, -0.25) is 0 Å². The number of ether oxygens (including phenoxy) is 1. The Morgan fingerprint density at radius 1 is 1.05 bits per heavy atom. The third-order valence-electron chi connectivity index (χ3n) is 3.30. The van der Waals surface area contributed by atoms with E-state index in [0.717, 1.165) is 16.9 Å². The number of hydrogen-bond acceptors (Lipinski definition) is 3. The first-order chi connectivity index (χ1) is 10.8. The summed E-state index contributed by atoms with van der Waals surface area (Å²) in [6, 6.07) is 19.2.